The fraction of sp³-hybridized carbons (Fsp3) is 0.467. The first kappa shape index (κ1) is 16.2. The molecule has 1 rings (SSSR count). The molecule has 0 aliphatic heterocycles. The predicted octanol–water partition coefficient (Wildman–Crippen LogP) is 0.761. The maximum absolute atomic E-state index is 11.7. The van der Waals surface area contributed by atoms with E-state index in [1.165, 1.54) is 0 Å². The molecular formula is C15H23N3O2. The zero-order valence-electron chi connectivity index (χ0n) is 12.2. The second kappa shape index (κ2) is 9.09. The molecule has 0 heterocycles. The number of hydrogen-bond donors (Lipinski definition) is 2. The number of nitrogens with one attached hydrogen (secondary N) is 2. The Morgan fingerprint density at radius 2 is 1.70 bits per heavy atom. The fourth-order valence-corrected chi connectivity index (χ4v) is 1.83. The fourth-order valence-electron chi connectivity index (χ4n) is 1.83. The van der Waals surface area contributed by atoms with Crippen molar-refractivity contribution in [1.29, 1.82) is 0 Å². The van der Waals surface area contributed by atoms with Crippen LogP contribution in [0.15, 0.2) is 30.3 Å². The average molecular weight is 277 g/mol. The Labute approximate surface area is 120 Å². The van der Waals surface area contributed by atoms with Gasteiger partial charge in [-0.2, -0.15) is 0 Å². The molecule has 0 radical (unpaired) electrons. The third-order valence-electron chi connectivity index (χ3n) is 3.01. The van der Waals surface area contributed by atoms with Crippen LogP contribution in [0, 0.1) is 0 Å². The highest BCUT2D eigenvalue weighted by Gasteiger charge is 2.09. The largest absolute Gasteiger partial charge is 0.351 e. The van der Waals surface area contributed by atoms with Crippen molar-refractivity contribution in [1.82, 2.24) is 15.5 Å². The van der Waals surface area contributed by atoms with Gasteiger partial charge in [-0.05, 0) is 19.4 Å². The Balaban J connectivity index is 2.19. The average Bonchev–Trinajstić information content (AvgIpc) is 2.47. The van der Waals surface area contributed by atoms with Crippen LogP contribution in [0.25, 0.3) is 0 Å². The summed E-state index contributed by atoms with van der Waals surface area (Å²) in [6, 6.07) is 9.71. The lowest BCUT2D eigenvalue weighted by Crippen LogP contribution is -2.41. The number of amides is 2. The summed E-state index contributed by atoms with van der Waals surface area (Å²) < 4.78 is 0. The highest BCUT2D eigenvalue weighted by atomic mass is 16.2. The van der Waals surface area contributed by atoms with Gasteiger partial charge in [0.05, 0.1) is 13.1 Å². The number of benzene rings is 1. The first-order valence-electron chi connectivity index (χ1n) is 6.96. The molecule has 0 fully saturated rings. The smallest absolute Gasteiger partial charge is 0.236 e. The van der Waals surface area contributed by atoms with E-state index in [9.17, 15) is 9.59 Å². The molecule has 0 aliphatic carbocycles. The van der Waals surface area contributed by atoms with Gasteiger partial charge in [-0.3, -0.25) is 14.9 Å². The molecule has 110 valence electrons. The summed E-state index contributed by atoms with van der Waals surface area (Å²) in [4.78, 5) is 25.0. The van der Waals surface area contributed by atoms with Crippen molar-refractivity contribution in [2.24, 2.45) is 0 Å². The van der Waals surface area contributed by atoms with Crippen LogP contribution >= 0.6 is 0 Å². The lowest BCUT2D eigenvalue weighted by atomic mass is 10.2. The Bertz CT molecular complexity index is 416. The molecule has 0 bridgehead atoms. The van der Waals surface area contributed by atoms with E-state index < -0.39 is 0 Å². The van der Waals surface area contributed by atoms with Gasteiger partial charge < -0.3 is 10.2 Å². The molecule has 0 aromatic heterocycles. The SMILES string of the molecule is CCN(CC)C(=O)CNCC(=O)NCc1ccccc1. The van der Waals surface area contributed by atoms with E-state index in [1.54, 1.807) is 4.90 Å². The van der Waals surface area contributed by atoms with Crippen LogP contribution in [0.4, 0.5) is 0 Å². The number of likely N-dealkylation sites (N-methyl/N-ethyl adjacent to an activating group) is 1. The molecule has 0 saturated heterocycles. The van der Waals surface area contributed by atoms with Crippen molar-refractivity contribution >= 4 is 11.8 Å². The molecule has 20 heavy (non-hydrogen) atoms. The molecule has 0 spiro atoms. The minimum absolute atomic E-state index is 0.0193. The standard InChI is InChI=1S/C15H23N3O2/c1-3-18(4-2)15(20)12-16-11-14(19)17-10-13-8-6-5-7-9-13/h5-9,16H,3-4,10-12H2,1-2H3,(H,17,19). The number of carbonyl (C=O) groups is 2. The second-order valence-electron chi connectivity index (χ2n) is 4.43. The van der Waals surface area contributed by atoms with Crippen molar-refractivity contribution < 1.29 is 9.59 Å². The van der Waals surface area contributed by atoms with Crippen molar-refractivity contribution in [3.63, 3.8) is 0 Å². The number of rotatable bonds is 8. The highest BCUT2D eigenvalue weighted by molar-refractivity contribution is 5.81. The Kier molecular flexibility index (Phi) is 7.35. The van der Waals surface area contributed by atoms with Crippen LogP contribution in [0.3, 0.4) is 0 Å². The first-order valence-corrected chi connectivity index (χ1v) is 6.96. The van der Waals surface area contributed by atoms with E-state index in [0.29, 0.717) is 19.6 Å². The van der Waals surface area contributed by atoms with Crippen molar-refractivity contribution in [2.45, 2.75) is 20.4 Å². The van der Waals surface area contributed by atoms with E-state index in [1.807, 2.05) is 44.2 Å². The molecule has 0 saturated carbocycles. The zero-order valence-corrected chi connectivity index (χ0v) is 12.2. The van der Waals surface area contributed by atoms with E-state index in [4.69, 9.17) is 0 Å². The normalized spacial score (nSPS) is 10.1. The van der Waals surface area contributed by atoms with E-state index in [0.717, 1.165) is 5.56 Å². The van der Waals surface area contributed by atoms with Crippen molar-refractivity contribution in [2.75, 3.05) is 26.2 Å². The van der Waals surface area contributed by atoms with E-state index in [2.05, 4.69) is 10.6 Å². The number of nitrogens with zero attached hydrogens (tertiary/aromatic N) is 1. The third-order valence-corrected chi connectivity index (χ3v) is 3.01. The molecule has 2 N–H and O–H groups in total. The summed E-state index contributed by atoms with van der Waals surface area (Å²) in [5.74, 6) is -0.0907. The maximum Gasteiger partial charge on any atom is 0.236 e. The maximum atomic E-state index is 11.7. The molecule has 5 heteroatoms. The second-order valence-corrected chi connectivity index (χ2v) is 4.43. The van der Waals surface area contributed by atoms with Gasteiger partial charge in [0.15, 0.2) is 0 Å². The van der Waals surface area contributed by atoms with Gasteiger partial charge in [-0.15, -0.1) is 0 Å². The molecule has 1 aromatic rings. The quantitative estimate of drug-likeness (QED) is 0.737. The van der Waals surface area contributed by atoms with Gasteiger partial charge in [0.1, 0.15) is 0 Å². The van der Waals surface area contributed by atoms with Crippen LogP contribution in [-0.2, 0) is 16.1 Å². The Morgan fingerprint density at radius 1 is 1.05 bits per heavy atom. The Hall–Kier alpha value is -1.88. The van der Waals surface area contributed by atoms with Gasteiger partial charge in [0.2, 0.25) is 11.8 Å². The van der Waals surface area contributed by atoms with Crippen LogP contribution in [0.5, 0.6) is 0 Å². The summed E-state index contributed by atoms with van der Waals surface area (Å²) >= 11 is 0. The lowest BCUT2D eigenvalue weighted by molar-refractivity contribution is -0.129. The summed E-state index contributed by atoms with van der Waals surface area (Å²) in [6.45, 7) is 6.11. The van der Waals surface area contributed by atoms with Crippen molar-refractivity contribution in [3.05, 3.63) is 35.9 Å². The van der Waals surface area contributed by atoms with Crippen molar-refractivity contribution in [3.8, 4) is 0 Å². The minimum atomic E-state index is -0.110. The summed E-state index contributed by atoms with van der Waals surface area (Å²) in [5.41, 5.74) is 1.06. The van der Waals surface area contributed by atoms with Gasteiger partial charge in [0.25, 0.3) is 0 Å². The van der Waals surface area contributed by atoms with Gasteiger partial charge in [-0.25, -0.2) is 0 Å². The topological polar surface area (TPSA) is 61.4 Å². The zero-order chi connectivity index (χ0) is 14.8. The number of carbonyl (C=O) groups excluding carboxylic acids is 2. The monoisotopic (exact) mass is 277 g/mol. The lowest BCUT2D eigenvalue weighted by Gasteiger charge is -2.18. The van der Waals surface area contributed by atoms with Gasteiger partial charge >= 0.3 is 0 Å². The van der Waals surface area contributed by atoms with Crippen LogP contribution in [0.2, 0.25) is 0 Å². The summed E-state index contributed by atoms with van der Waals surface area (Å²) in [6.07, 6.45) is 0. The summed E-state index contributed by atoms with van der Waals surface area (Å²) in [7, 11) is 0. The van der Waals surface area contributed by atoms with E-state index in [-0.39, 0.29) is 24.9 Å². The van der Waals surface area contributed by atoms with Crippen LogP contribution < -0.4 is 10.6 Å². The molecule has 0 atom stereocenters. The first-order chi connectivity index (χ1) is 9.67. The molecule has 0 unspecified atom stereocenters. The highest BCUT2D eigenvalue weighted by Crippen LogP contribution is 1.96. The van der Waals surface area contributed by atoms with Crippen LogP contribution in [-0.4, -0.2) is 42.9 Å². The van der Waals surface area contributed by atoms with Gasteiger partial charge in [-0.1, -0.05) is 30.3 Å². The number of hydrogen-bond acceptors (Lipinski definition) is 3. The van der Waals surface area contributed by atoms with E-state index >= 15 is 0 Å². The third kappa shape index (κ3) is 5.84. The molecule has 1 aromatic carbocycles. The Morgan fingerprint density at radius 3 is 2.30 bits per heavy atom. The molecule has 0 aliphatic rings. The molecule has 2 amide bonds. The van der Waals surface area contributed by atoms with Gasteiger partial charge in [0, 0.05) is 19.6 Å². The predicted molar refractivity (Wildman–Crippen MR) is 79.1 cm³/mol. The minimum Gasteiger partial charge on any atom is -0.351 e. The molecule has 5 nitrogen and oxygen atoms in total. The summed E-state index contributed by atoms with van der Waals surface area (Å²) in [5, 5.41) is 5.67. The van der Waals surface area contributed by atoms with Crippen LogP contribution in [0.1, 0.15) is 19.4 Å². The molecular weight excluding hydrogens is 254 g/mol.